The second-order valence-corrected chi connectivity index (χ2v) is 3.86. The van der Waals surface area contributed by atoms with Gasteiger partial charge in [-0.05, 0) is 37.1 Å². The smallest absolute Gasteiger partial charge is 0.338 e. The lowest BCUT2D eigenvalue weighted by Gasteiger charge is -2.28. The Bertz CT molecular complexity index is 383. The molecule has 1 aliphatic heterocycles. The highest BCUT2D eigenvalue weighted by atomic mass is 16.5. The van der Waals surface area contributed by atoms with E-state index < -0.39 is 0 Å². The summed E-state index contributed by atoms with van der Waals surface area (Å²) in [7, 11) is 1.41. The van der Waals surface area contributed by atoms with E-state index in [2.05, 4.69) is 11.4 Å². The first-order valence-electron chi connectivity index (χ1n) is 5.14. The second kappa shape index (κ2) is 4.03. The molecule has 0 amide bonds. The van der Waals surface area contributed by atoms with E-state index in [9.17, 15) is 4.79 Å². The highest BCUT2D eigenvalue weighted by Crippen LogP contribution is 2.24. The minimum Gasteiger partial charge on any atom is -0.465 e. The summed E-state index contributed by atoms with van der Waals surface area (Å²) in [5, 5.41) is 3.34. The number of rotatable bonds is 2. The molecule has 1 unspecified atom stereocenters. The Hall–Kier alpha value is -1.35. The lowest BCUT2D eigenvalue weighted by molar-refractivity contribution is 0.0600. The van der Waals surface area contributed by atoms with Crippen LogP contribution in [0.1, 0.15) is 33.9 Å². The summed E-state index contributed by atoms with van der Waals surface area (Å²) in [6.07, 6.45) is 1.18. The molecule has 0 aliphatic carbocycles. The fraction of sp³-hybridized carbons (Fsp3) is 0.417. The average molecular weight is 205 g/mol. The van der Waals surface area contributed by atoms with Crippen molar-refractivity contribution in [2.45, 2.75) is 19.4 Å². The standard InChI is InChI=1S/C12H15NO2/c1-8-7-9(11-5-6-13-11)3-4-10(8)12(14)15-2/h3-4,7,11,13H,5-6H2,1-2H3. The Morgan fingerprint density at radius 3 is 2.73 bits per heavy atom. The zero-order chi connectivity index (χ0) is 10.8. The zero-order valence-electron chi connectivity index (χ0n) is 9.04. The van der Waals surface area contributed by atoms with Gasteiger partial charge in [0.05, 0.1) is 12.7 Å². The summed E-state index contributed by atoms with van der Waals surface area (Å²) in [6.45, 7) is 3.02. The summed E-state index contributed by atoms with van der Waals surface area (Å²) in [4.78, 5) is 11.4. The fourth-order valence-electron chi connectivity index (χ4n) is 1.82. The van der Waals surface area contributed by atoms with Gasteiger partial charge in [-0.15, -0.1) is 0 Å². The van der Waals surface area contributed by atoms with Crippen LogP contribution in [0, 0.1) is 6.92 Å². The van der Waals surface area contributed by atoms with Crippen molar-refractivity contribution in [3.05, 3.63) is 34.9 Å². The van der Waals surface area contributed by atoms with Gasteiger partial charge in [0.1, 0.15) is 0 Å². The van der Waals surface area contributed by atoms with Crippen molar-refractivity contribution in [2.24, 2.45) is 0 Å². The second-order valence-electron chi connectivity index (χ2n) is 3.86. The molecule has 1 heterocycles. The van der Waals surface area contributed by atoms with Crippen LogP contribution in [0.25, 0.3) is 0 Å². The van der Waals surface area contributed by atoms with E-state index in [4.69, 9.17) is 4.74 Å². The topological polar surface area (TPSA) is 38.3 Å². The highest BCUT2D eigenvalue weighted by Gasteiger charge is 2.19. The summed E-state index contributed by atoms with van der Waals surface area (Å²) in [5.74, 6) is -0.263. The molecule has 3 nitrogen and oxygen atoms in total. The lowest BCUT2D eigenvalue weighted by Crippen LogP contribution is -2.34. The molecule has 80 valence electrons. The predicted molar refractivity (Wildman–Crippen MR) is 57.9 cm³/mol. The number of hydrogen-bond acceptors (Lipinski definition) is 3. The highest BCUT2D eigenvalue weighted by molar-refractivity contribution is 5.91. The Kier molecular flexibility index (Phi) is 2.73. The molecule has 0 bridgehead atoms. The maximum absolute atomic E-state index is 11.4. The van der Waals surface area contributed by atoms with E-state index in [-0.39, 0.29) is 5.97 Å². The van der Waals surface area contributed by atoms with Crippen LogP contribution in [0.2, 0.25) is 0 Å². The molecule has 1 N–H and O–H groups in total. The SMILES string of the molecule is COC(=O)c1ccc(C2CCN2)cc1C. The average Bonchev–Trinajstić information content (AvgIpc) is 2.14. The van der Waals surface area contributed by atoms with Gasteiger partial charge in [-0.2, -0.15) is 0 Å². The molecule has 15 heavy (non-hydrogen) atoms. The van der Waals surface area contributed by atoms with Gasteiger partial charge in [-0.25, -0.2) is 4.79 Å². The summed E-state index contributed by atoms with van der Waals surface area (Å²) in [6, 6.07) is 6.37. The molecule has 0 saturated carbocycles. The third kappa shape index (κ3) is 1.88. The van der Waals surface area contributed by atoms with Gasteiger partial charge in [0.15, 0.2) is 0 Å². The van der Waals surface area contributed by atoms with Gasteiger partial charge in [-0.3, -0.25) is 0 Å². The minimum atomic E-state index is -0.263. The molecular weight excluding hydrogens is 190 g/mol. The molecule has 3 heteroatoms. The third-order valence-corrected chi connectivity index (χ3v) is 2.88. The van der Waals surface area contributed by atoms with Crippen molar-refractivity contribution in [3.63, 3.8) is 0 Å². The number of methoxy groups -OCH3 is 1. The maximum atomic E-state index is 11.4. The monoisotopic (exact) mass is 205 g/mol. The Labute approximate surface area is 89.4 Å². The van der Waals surface area contributed by atoms with E-state index in [1.54, 1.807) is 0 Å². The molecule has 2 rings (SSSR count). The largest absolute Gasteiger partial charge is 0.465 e. The van der Waals surface area contributed by atoms with Crippen LogP contribution in [0.4, 0.5) is 0 Å². The van der Waals surface area contributed by atoms with Gasteiger partial charge in [0.2, 0.25) is 0 Å². The lowest BCUT2D eigenvalue weighted by atomic mass is 9.95. The van der Waals surface area contributed by atoms with E-state index in [0.29, 0.717) is 11.6 Å². The predicted octanol–water partition coefficient (Wildman–Crippen LogP) is 1.82. The van der Waals surface area contributed by atoms with Gasteiger partial charge in [0, 0.05) is 6.04 Å². The number of nitrogens with one attached hydrogen (secondary N) is 1. The molecule has 1 saturated heterocycles. The van der Waals surface area contributed by atoms with Gasteiger partial charge in [-0.1, -0.05) is 12.1 Å². The number of carbonyl (C=O) groups excluding carboxylic acids is 1. The van der Waals surface area contributed by atoms with Crippen LogP contribution in [0.3, 0.4) is 0 Å². The molecule has 0 radical (unpaired) electrons. The van der Waals surface area contributed by atoms with Crippen LogP contribution in [0.5, 0.6) is 0 Å². The van der Waals surface area contributed by atoms with Crippen molar-refractivity contribution in [1.29, 1.82) is 0 Å². The maximum Gasteiger partial charge on any atom is 0.338 e. The zero-order valence-corrected chi connectivity index (χ0v) is 9.04. The van der Waals surface area contributed by atoms with Crippen molar-refractivity contribution in [3.8, 4) is 0 Å². The van der Waals surface area contributed by atoms with E-state index in [0.717, 1.165) is 12.1 Å². The van der Waals surface area contributed by atoms with Crippen LogP contribution in [-0.2, 0) is 4.74 Å². The molecule has 1 fully saturated rings. The summed E-state index contributed by atoms with van der Waals surface area (Å²) in [5.41, 5.74) is 2.89. The van der Waals surface area contributed by atoms with Crippen LogP contribution < -0.4 is 5.32 Å². The third-order valence-electron chi connectivity index (χ3n) is 2.88. The van der Waals surface area contributed by atoms with Crippen molar-refractivity contribution in [2.75, 3.05) is 13.7 Å². The van der Waals surface area contributed by atoms with Crippen molar-refractivity contribution < 1.29 is 9.53 Å². The molecule has 1 aromatic rings. The molecule has 0 spiro atoms. The molecule has 1 atom stereocenters. The van der Waals surface area contributed by atoms with E-state index in [1.807, 2.05) is 19.1 Å². The minimum absolute atomic E-state index is 0.263. The summed E-state index contributed by atoms with van der Waals surface area (Å²) < 4.78 is 4.70. The number of aryl methyl sites for hydroxylation is 1. The summed E-state index contributed by atoms with van der Waals surface area (Å²) >= 11 is 0. The van der Waals surface area contributed by atoms with Crippen molar-refractivity contribution in [1.82, 2.24) is 5.32 Å². The van der Waals surface area contributed by atoms with Gasteiger partial charge < -0.3 is 10.1 Å². The number of esters is 1. The first kappa shape index (κ1) is 10.2. The number of ether oxygens (including phenoxy) is 1. The number of carbonyl (C=O) groups is 1. The molecular formula is C12H15NO2. The van der Waals surface area contributed by atoms with Crippen LogP contribution >= 0.6 is 0 Å². The first-order valence-corrected chi connectivity index (χ1v) is 5.14. The van der Waals surface area contributed by atoms with Gasteiger partial charge >= 0.3 is 5.97 Å². The van der Waals surface area contributed by atoms with E-state index in [1.165, 1.54) is 19.1 Å². The van der Waals surface area contributed by atoms with Crippen molar-refractivity contribution >= 4 is 5.97 Å². The molecule has 1 aliphatic rings. The fourth-order valence-corrected chi connectivity index (χ4v) is 1.82. The number of hydrogen-bond donors (Lipinski definition) is 1. The molecule has 0 aromatic heterocycles. The number of benzene rings is 1. The Morgan fingerprint density at radius 2 is 2.27 bits per heavy atom. The first-order chi connectivity index (χ1) is 7.22. The Morgan fingerprint density at radius 1 is 1.53 bits per heavy atom. The molecule has 1 aromatic carbocycles. The Balaban J connectivity index is 2.25. The van der Waals surface area contributed by atoms with Crippen LogP contribution in [0.15, 0.2) is 18.2 Å². The van der Waals surface area contributed by atoms with E-state index >= 15 is 0 Å². The van der Waals surface area contributed by atoms with Crippen LogP contribution in [-0.4, -0.2) is 19.6 Å². The normalized spacial score (nSPS) is 19.5. The quantitative estimate of drug-likeness (QED) is 0.748. The van der Waals surface area contributed by atoms with Gasteiger partial charge in [0.25, 0.3) is 0 Å².